The maximum Gasteiger partial charge on any atom is 0.161 e. The Kier molecular flexibility index (Phi) is 3.90. The van der Waals surface area contributed by atoms with E-state index in [0.717, 1.165) is 11.6 Å². The third kappa shape index (κ3) is 2.37. The van der Waals surface area contributed by atoms with Crippen LogP contribution in [0, 0.1) is 24.4 Å². The maximum atomic E-state index is 13.6. The largest absolute Gasteiger partial charge is 0.207 e. The number of hydrogen-bond donors (Lipinski definition) is 0. The van der Waals surface area contributed by atoms with E-state index in [4.69, 9.17) is 23.2 Å². The predicted octanol–water partition coefficient (Wildman–Crippen LogP) is 5.46. The van der Waals surface area contributed by atoms with Crippen LogP contribution in [0.1, 0.15) is 21.4 Å². The fraction of sp³-hybridized carbons (Fsp3) is 0.167. The van der Waals surface area contributed by atoms with Crippen LogP contribution in [0.25, 0.3) is 0 Å². The van der Waals surface area contributed by atoms with Gasteiger partial charge in [-0.15, -0.1) is 22.9 Å². The van der Waals surface area contributed by atoms with Crippen LogP contribution in [0.4, 0.5) is 13.2 Å². The summed E-state index contributed by atoms with van der Waals surface area (Å²) in [4.78, 5) is 0.515. The number of alkyl halides is 1. The lowest BCUT2D eigenvalue weighted by Crippen LogP contribution is -1.99. The Morgan fingerprint density at radius 2 is 1.72 bits per heavy atom. The molecule has 0 fully saturated rings. The summed E-state index contributed by atoms with van der Waals surface area (Å²) in [6, 6.07) is 1.24. The van der Waals surface area contributed by atoms with Crippen molar-refractivity contribution in [2.24, 2.45) is 0 Å². The molecule has 1 aromatic heterocycles. The minimum Gasteiger partial charge on any atom is -0.207 e. The Balaban J connectivity index is 2.49. The summed E-state index contributed by atoms with van der Waals surface area (Å²) >= 11 is 13.3. The topological polar surface area (TPSA) is 0 Å². The van der Waals surface area contributed by atoms with Crippen molar-refractivity contribution in [3.05, 3.63) is 56.0 Å². The number of hydrogen-bond acceptors (Lipinski definition) is 1. The molecule has 2 aromatic rings. The number of thiophene rings is 1. The smallest absolute Gasteiger partial charge is 0.161 e. The van der Waals surface area contributed by atoms with Gasteiger partial charge in [0.2, 0.25) is 0 Å². The Morgan fingerprint density at radius 1 is 1.11 bits per heavy atom. The minimum absolute atomic E-state index is 0.126. The highest BCUT2D eigenvalue weighted by Gasteiger charge is 2.22. The molecule has 0 radical (unpaired) electrons. The van der Waals surface area contributed by atoms with Crippen molar-refractivity contribution in [2.45, 2.75) is 12.3 Å². The Hall–Kier alpha value is -0.710. The van der Waals surface area contributed by atoms with Crippen LogP contribution in [-0.4, -0.2) is 0 Å². The fourth-order valence-electron chi connectivity index (χ4n) is 1.49. The van der Waals surface area contributed by atoms with Gasteiger partial charge in [-0.2, -0.15) is 0 Å². The highest BCUT2D eigenvalue weighted by Crippen LogP contribution is 2.40. The van der Waals surface area contributed by atoms with Crippen molar-refractivity contribution < 1.29 is 13.2 Å². The molecule has 1 heterocycles. The second kappa shape index (κ2) is 5.11. The highest BCUT2D eigenvalue weighted by atomic mass is 35.5. The van der Waals surface area contributed by atoms with Crippen molar-refractivity contribution in [1.82, 2.24) is 0 Å². The van der Waals surface area contributed by atoms with Gasteiger partial charge in [-0.1, -0.05) is 11.6 Å². The van der Waals surface area contributed by atoms with E-state index in [0.29, 0.717) is 16.0 Å². The zero-order chi connectivity index (χ0) is 13.4. The van der Waals surface area contributed by atoms with Crippen LogP contribution in [0.3, 0.4) is 0 Å². The SMILES string of the molecule is Cc1csc(C(Cl)c2cc(F)c(F)cc2F)c1Cl. The highest BCUT2D eigenvalue weighted by molar-refractivity contribution is 7.11. The molecule has 0 aliphatic heterocycles. The predicted molar refractivity (Wildman–Crippen MR) is 68.1 cm³/mol. The van der Waals surface area contributed by atoms with Crippen molar-refractivity contribution in [3.63, 3.8) is 0 Å². The molecular weight excluding hydrogens is 304 g/mol. The van der Waals surface area contributed by atoms with Crippen molar-refractivity contribution in [1.29, 1.82) is 0 Å². The number of rotatable bonds is 2. The standard InChI is InChI=1S/C12H7Cl2F3S/c1-5-4-18-12(10(5)13)11(14)6-2-8(16)9(17)3-7(6)15/h2-4,11H,1H3. The van der Waals surface area contributed by atoms with Crippen molar-refractivity contribution in [3.8, 4) is 0 Å². The molecule has 0 N–H and O–H groups in total. The monoisotopic (exact) mass is 310 g/mol. The molecule has 96 valence electrons. The molecule has 1 aromatic carbocycles. The molecule has 2 rings (SSSR count). The number of benzene rings is 1. The molecule has 0 amide bonds. The summed E-state index contributed by atoms with van der Waals surface area (Å²) in [6.07, 6.45) is 0. The van der Waals surface area contributed by atoms with Gasteiger partial charge in [0.05, 0.1) is 10.4 Å². The lowest BCUT2D eigenvalue weighted by atomic mass is 10.1. The quantitative estimate of drug-likeness (QED) is 0.510. The second-order valence-corrected chi connectivity index (χ2v) is 5.47. The summed E-state index contributed by atoms with van der Waals surface area (Å²) in [5.74, 6) is -3.27. The number of aryl methyl sites for hydroxylation is 1. The summed E-state index contributed by atoms with van der Waals surface area (Å²) in [5, 5.41) is 1.25. The first-order chi connectivity index (χ1) is 8.41. The molecule has 1 atom stereocenters. The average Bonchev–Trinajstić information content (AvgIpc) is 2.64. The zero-order valence-corrected chi connectivity index (χ0v) is 11.4. The molecule has 0 aliphatic carbocycles. The summed E-state index contributed by atoms with van der Waals surface area (Å²) in [5.41, 5.74) is 0.685. The van der Waals surface area contributed by atoms with Crippen LogP contribution < -0.4 is 0 Å². The Labute approximate surface area is 116 Å². The first kappa shape index (κ1) is 13.7. The van der Waals surface area contributed by atoms with Gasteiger partial charge in [0.25, 0.3) is 0 Å². The number of halogens is 5. The molecule has 1 unspecified atom stereocenters. The molecule has 0 nitrogen and oxygen atoms in total. The third-order valence-electron chi connectivity index (χ3n) is 2.47. The van der Waals surface area contributed by atoms with E-state index >= 15 is 0 Å². The lowest BCUT2D eigenvalue weighted by Gasteiger charge is -2.10. The normalized spacial score (nSPS) is 12.8. The van der Waals surface area contributed by atoms with Crippen LogP contribution in [0.15, 0.2) is 17.5 Å². The fourth-order valence-corrected chi connectivity index (χ4v) is 3.28. The summed E-state index contributed by atoms with van der Waals surface area (Å²) < 4.78 is 39.5. The van der Waals surface area contributed by atoms with E-state index in [1.165, 1.54) is 11.3 Å². The molecular formula is C12H7Cl2F3S. The van der Waals surface area contributed by atoms with Crippen LogP contribution in [0.5, 0.6) is 0 Å². The average molecular weight is 311 g/mol. The lowest BCUT2D eigenvalue weighted by molar-refractivity contribution is 0.490. The van der Waals surface area contributed by atoms with Crippen molar-refractivity contribution >= 4 is 34.5 Å². The Morgan fingerprint density at radius 3 is 2.28 bits per heavy atom. The van der Waals surface area contributed by atoms with E-state index < -0.39 is 22.8 Å². The van der Waals surface area contributed by atoms with Crippen LogP contribution in [-0.2, 0) is 0 Å². The molecule has 0 bridgehead atoms. The van der Waals surface area contributed by atoms with Gasteiger partial charge in [-0.05, 0) is 23.9 Å². The van der Waals surface area contributed by atoms with E-state index in [1.807, 2.05) is 0 Å². The molecule has 0 saturated heterocycles. The van der Waals surface area contributed by atoms with Gasteiger partial charge in [-0.25, -0.2) is 13.2 Å². The molecule has 18 heavy (non-hydrogen) atoms. The molecule has 0 aliphatic rings. The van der Waals surface area contributed by atoms with E-state index in [-0.39, 0.29) is 5.56 Å². The summed E-state index contributed by atoms with van der Waals surface area (Å²) in [6.45, 7) is 1.79. The van der Waals surface area contributed by atoms with Gasteiger partial charge in [-0.3, -0.25) is 0 Å². The molecule has 0 spiro atoms. The Bertz CT molecular complexity index is 595. The first-order valence-corrected chi connectivity index (χ1v) is 6.63. The van der Waals surface area contributed by atoms with Crippen LogP contribution in [0.2, 0.25) is 5.02 Å². The van der Waals surface area contributed by atoms with Crippen molar-refractivity contribution in [2.75, 3.05) is 0 Å². The summed E-state index contributed by atoms with van der Waals surface area (Å²) in [7, 11) is 0. The van der Waals surface area contributed by atoms with Gasteiger partial charge in [0.15, 0.2) is 11.6 Å². The van der Waals surface area contributed by atoms with Gasteiger partial charge < -0.3 is 0 Å². The van der Waals surface area contributed by atoms with E-state index in [1.54, 1.807) is 12.3 Å². The maximum absolute atomic E-state index is 13.6. The zero-order valence-electron chi connectivity index (χ0n) is 9.11. The first-order valence-electron chi connectivity index (χ1n) is 4.93. The molecule has 0 saturated carbocycles. The third-order valence-corrected chi connectivity index (χ3v) is 4.83. The van der Waals surface area contributed by atoms with Crippen LogP contribution >= 0.6 is 34.5 Å². The van der Waals surface area contributed by atoms with Gasteiger partial charge in [0.1, 0.15) is 5.82 Å². The molecule has 6 heteroatoms. The van der Waals surface area contributed by atoms with E-state index in [2.05, 4.69) is 0 Å². The minimum atomic E-state index is -1.24. The van der Waals surface area contributed by atoms with Gasteiger partial charge in [0, 0.05) is 16.5 Å². The second-order valence-electron chi connectivity index (χ2n) is 3.75. The van der Waals surface area contributed by atoms with E-state index in [9.17, 15) is 13.2 Å². The van der Waals surface area contributed by atoms with Gasteiger partial charge >= 0.3 is 0 Å².